The molecule has 0 spiro atoms. The van der Waals surface area contributed by atoms with Crippen LogP contribution in [0.2, 0.25) is 0 Å². The molecule has 0 unspecified atom stereocenters. The summed E-state index contributed by atoms with van der Waals surface area (Å²) in [5.41, 5.74) is -0.0504. The maximum Gasteiger partial charge on any atom is 0.104 e. The maximum atomic E-state index is 7.40. The van der Waals surface area contributed by atoms with Crippen LogP contribution in [0.25, 0.3) is 0 Å². The van der Waals surface area contributed by atoms with Crippen molar-refractivity contribution in [3.05, 3.63) is 12.7 Å². The van der Waals surface area contributed by atoms with Gasteiger partial charge in [0.2, 0.25) is 0 Å². The van der Waals surface area contributed by atoms with Crippen LogP contribution in [0.1, 0.15) is 20.8 Å². The second kappa shape index (κ2) is 3.52. The highest BCUT2D eigenvalue weighted by atomic mass is 16.5. The third kappa shape index (κ3) is 2.31. The molecule has 0 rings (SSSR count). The molecule has 0 amide bonds. The molecule has 0 aliphatic carbocycles. The standard InChI is InChI=1S/C8H15NO/c1-5-7(9)8(3,4)10-6-2/h5,9H,1,6H2,2-4H3. The fraction of sp³-hybridized carbons (Fsp3) is 0.625. The van der Waals surface area contributed by atoms with Gasteiger partial charge in [-0.15, -0.1) is 0 Å². The van der Waals surface area contributed by atoms with Crippen molar-refractivity contribution < 1.29 is 4.74 Å². The largest absolute Gasteiger partial charge is 0.370 e. The van der Waals surface area contributed by atoms with E-state index in [-0.39, 0.29) is 0 Å². The Hall–Kier alpha value is -0.630. The summed E-state index contributed by atoms with van der Waals surface area (Å²) in [7, 11) is 0. The SMILES string of the molecule is C=CC(=N)C(C)(C)OCC. The van der Waals surface area contributed by atoms with Crippen molar-refractivity contribution in [2.45, 2.75) is 26.4 Å². The number of hydrogen-bond donors (Lipinski definition) is 1. The Bertz CT molecular complexity index is 138. The van der Waals surface area contributed by atoms with Crippen LogP contribution < -0.4 is 0 Å². The Morgan fingerprint density at radius 2 is 2.20 bits per heavy atom. The molecular formula is C8H15NO. The molecule has 0 aliphatic rings. The van der Waals surface area contributed by atoms with E-state index in [1.807, 2.05) is 20.8 Å². The minimum absolute atomic E-state index is 0.425. The highest BCUT2D eigenvalue weighted by molar-refractivity contribution is 5.98. The van der Waals surface area contributed by atoms with E-state index in [1.165, 1.54) is 6.08 Å². The van der Waals surface area contributed by atoms with Gasteiger partial charge in [-0.2, -0.15) is 0 Å². The van der Waals surface area contributed by atoms with Crippen molar-refractivity contribution >= 4 is 5.71 Å². The zero-order valence-electron chi connectivity index (χ0n) is 6.90. The van der Waals surface area contributed by atoms with Crippen LogP contribution in [0.15, 0.2) is 12.7 Å². The van der Waals surface area contributed by atoms with E-state index >= 15 is 0 Å². The molecule has 0 aromatic carbocycles. The van der Waals surface area contributed by atoms with Gasteiger partial charge in [0.25, 0.3) is 0 Å². The minimum atomic E-state index is -0.476. The average Bonchev–Trinajstić information content (AvgIpc) is 1.86. The molecule has 0 aliphatic heterocycles. The van der Waals surface area contributed by atoms with E-state index in [1.54, 1.807) is 0 Å². The van der Waals surface area contributed by atoms with Crippen molar-refractivity contribution in [2.75, 3.05) is 6.61 Å². The molecule has 0 aromatic heterocycles. The normalized spacial score (nSPS) is 11.1. The van der Waals surface area contributed by atoms with Gasteiger partial charge in [-0.05, 0) is 26.8 Å². The van der Waals surface area contributed by atoms with Crippen LogP contribution in [0.3, 0.4) is 0 Å². The lowest BCUT2D eigenvalue weighted by molar-refractivity contribution is 0.0443. The van der Waals surface area contributed by atoms with Crippen LogP contribution in [0.5, 0.6) is 0 Å². The monoisotopic (exact) mass is 141 g/mol. The van der Waals surface area contributed by atoms with Gasteiger partial charge in [-0.1, -0.05) is 6.58 Å². The first-order chi connectivity index (χ1) is 4.54. The Morgan fingerprint density at radius 1 is 1.70 bits per heavy atom. The topological polar surface area (TPSA) is 33.1 Å². The quantitative estimate of drug-likeness (QED) is 0.597. The van der Waals surface area contributed by atoms with Crippen LogP contribution in [0, 0.1) is 5.41 Å². The van der Waals surface area contributed by atoms with Crippen molar-refractivity contribution in [3.63, 3.8) is 0 Å². The van der Waals surface area contributed by atoms with E-state index in [9.17, 15) is 0 Å². The molecule has 0 atom stereocenters. The number of hydrogen-bond acceptors (Lipinski definition) is 2. The molecule has 1 N–H and O–H groups in total. The predicted octanol–water partition coefficient (Wildman–Crippen LogP) is 2.01. The minimum Gasteiger partial charge on any atom is -0.370 e. The summed E-state index contributed by atoms with van der Waals surface area (Å²) in [6.07, 6.45) is 1.51. The first-order valence-electron chi connectivity index (χ1n) is 3.40. The van der Waals surface area contributed by atoms with E-state index in [4.69, 9.17) is 10.1 Å². The fourth-order valence-corrected chi connectivity index (χ4v) is 0.684. The maximum absolute atomic E-state index is 7.40. The second-order valence-corrected chi connectivity index (χ2v) is 2.56. The molecule has 0 radical (unpaired) electrons. The van der Waals surface area contributed by atoms with Crippen molar-refractivity contribution in [1.29, 1.82) is 5.41 Å². The van der Waals surface area contributed by atoms with Gasteiger partial charge < -0.3 is 10.1 Å². The van der Waals surface area contributed by atoms with E-state index in [0.717, 1.165) is 0 Å². The van der Waals surface area contributed by atoms with Crippen molar-refractivity contribution in [3.8, 4) is 0 Å². The molecule has 2 heteroatoms. The van der Waals surface area contributed by atoms with Crippen LogP contribution in [0.4, 0.5) is 0 Å². The van der Waals surface area contributed by atoms with Gasteiger partial charge in [0.05, 0.1) is 5.71 Å². The molecule has 10 heavy (non-hydrogen) atoms. The lowest BCUT2D eigenvalue weighted by Crippen LogP contribution is -2.32. The fourth-order valence-electron chi connectivity index (χ4n) is 0.684. The number of ether oxygens (including phenoxy) is 1. The lowest BCUT2D eigenvalue weighted by Gasteiger charge is -2.23. The molecule has 0 saturated carbocycles. The molecule has 58 valence electrons. The smallest absolute Gasteiger partial charge is 0.104 e. The average molecular weight is 141 g/mol. The Kier molecular flexibility index (Phi) is 3.30. The first-order valence-corrected chi connectivity index (χ1v) is 3.40. The van der Waals surface area contributed by atoms with Crippen LogP contribution in [-0.2, 0) is 4.74 Å². The first kappa shape index (κ1) is 9.37. The molecule has 0 saturated heterocycles. The Labute approximate surface area is 62.4 Å². The summed E-state index contributed by atoms with van der Waals surface area (Å²) in [4.78, 5) is 0. The number of nitrogens with one attached hydrogen (secondary N) is 1. The van der Waals surface area contributed by atoms with Gasteiger partial charge in [0.1, 0.15) is 5.60 Å². The molecule has 0 heterocycles. The Balaban J connectivity index is 4.08. The van der Waals surface area contributed by atoms with Gasteiger partial charge in [0.15, 0.2) is 0 Å². The van der Waals surface area contributed by atoms with E-state index in [2.05, 4.69) is 6.58 Å². The van der Waals surface area contributed by atoms with E-state index < -0.39 is 5.60 Å². The van der Waals surface area contributed by atoms with Gasteiger partial charge >= 0.3 is 0 Å². The highest BCUT2D eigenvalue weighted by Gasteiger charge is 2.20. The van der Waals surface area contributed by atoms with Gasteiger partial charge in [-0.25, -0.2) is 0 Å². The summed E-state index contributed by atoms with van der Waals surface area (Å²) >= 11 is 0. The molecule has 0 aromatic rings. The van der Waals surface area contributed by atoms with E-state index in [0.29, 0.717) is 12.3 Å². The molecule has 0 bridgehead atoms. The molecular weight excluding hydrogens is 126 g/mol. The Morgan fingerprint density at radius 3 is 2.50 bits per heavy atom. The summed E-state index contributed by atoms with van der Waals surface area (Å²) in [5, 5.41) is 7.40. The number of rotatable bonds is 4. The summed E-state index contributed by atoms with van der Waals surface area (Å²) in [6.45, 7) is 9.77. The van der Waals surface area contributed by atoms with Gasteiger partial charge in [-0.3, -0.25) is 0 Å². The predicted molar refractivity (Wildman–Crippen MR) is 43.6 cm³/mol. The van der Waals surface area contributed by atoms with Crippen LogP contribution >= 0.6 is 0 Å². The lowest BCUT2D eigenvalue weighted by atomic mass is 10.0. The highest BCUT2D eigenvalue weighted by Crippen LogP contribution is 2.10. The zero-order chi connectivity index (χ0) is 8.20. The van der Waals surface area contributed by atoms with Crippen molar-refractivity contribution in [1.82, 2.24) is 0 Å². The van der Waals surface area contributed by atoms with Gasteiger partial charge in [0, 0.05) is 6.61 Å². The van der Waals surface area contributed by atoms with Crippen LogP contribution in [-0.4, -0.2) is 17.9 Å². The van der Waals surface area contributed by atoms with Crippen molar-refractivity contribution in [2.24, 2.45) is 0 Å². The summed E-state index contributed by atoms with van der Waals surface area (Å²) in [6, 6.07) is 0. The second-order valence-electron chi connectivity index (χ2n) is 2.56. The third-order valence-corrected chi connectivity index (χ3v) is 1.36. The summed E-state index contributed by atoms with van der Waals surface area (Å²) < 4.78 is 5.29. The molecule has 2 nitrogen and oxygen atoms in total. The molecule has 0 fully saturated rings. The zero-order valence-corrected chi connectivity index (χ0v) is 6.90. The summed E-state index contributed by atoms with van der Waals surface area (Å²) in [5.74, 6) is 0. The third-order valence-electron chi connectivity index (χ3n) is 1.36.